The number of carbonyl (C=O) groups excluding carboxylic acids is 1. The van der Waals surface area contributed by atoms with Crippen LogP contribution < -0.4 is 10.9 Å². The molecule has 0 spiro atoms. The van der Waals surface area contributed by atoms with Crippen molar-refractivity contribution < 1.29 is 9.18 Å². The van der Waals surface area contributed by atoms with E-state index in [9.17, 15) is 14.0 Å². The largest absolute Gasteiger partial charge is 0.353 e. The molecule has 0 saturated heterocycles. The van der Waals surface area contributed by atoms with Gasteiger partial charge in [-0.25, -0.2) is 9.37 Å². The van der Waals surface area contributed by atoms with Crippen LogP contribution in [0.5, 0.6) is 0 Å². The summed E-state index contributed by atoms with van der Waals surface area (Å²) in [6, 6.07) is 8.14. The summed E-state index contributed by atoms with van der Waals surface area (Å²) in [6.07, 6.45) is 0. The maximum Gasteiger partial charge on any atom is 0.272 e. The Morgan fingerprint density at radius 1 is 1.35 bits per heavy atom. The first-order valence-corrected chi connectivity index (χ1v) is 9.96. The predicted molar refractivity (Wildman–Crippen MR) is 103 cm³/mol. The van der Waals surface area contributed by atoms with Gasteiger partial charge in [0.2, 0.25) is 5.91 Å². The van der Waals surface area contributed by atoms with Gasteiger partial charge < -0.3 is 5.32 Å². The summed E-state index contributed by atoms with van der Waals surface area (Å²) in [5.41, 5.74) is 0.775. The van der Waals surface area contributed by atoms with Crippen molar-refractivity contribution in [1.29, 1.82) is 0 Å². The minimum absolute atomic E-state index is 0.0380. The number of rotatable bonds is 6. The summed E-state index contributed by atoms with van der Waals surface area (Å²) in [4.78, 5) is 29.3. The van der Waals surface area contributed by atoms with E-state index in [1.807, 2.05) is 13.8 Å². The van der Waals surface area contributed by atoms with Gasteiger partial charge in [0.1, 0.15) is 10.5 Å². The average Bonchev–Trinajstić information content (AvgIpc) is 3.05. The Morgan fingerprint density at radius 3 is 2.85 bits per heavy atom. The van der Waals surface area contributed by atoms with E-state index in [0.717, 1.165) is 0 Å². The molecule has 26 heavy (non-hydrogen) atoms. The van der Waals surface area contributed by atoms with Crippen LogP contribution in [0.25, 0.3) is 10.2 Å². The molecule has 8 heteroatoms. The van der Waals surface area contributed by atoms with Crippen molar-refractivity contribution in [2.45, 2.75) is 31.6 Å². The van der Waals surface area contributed by atoms with Crippen LogP contribution in [-0.4, -0.2) is 27.3 Å². The van der Waals surface area contributed by atoms with Crippen molar-refractivity contribution >= 4 is 39.2 Å². The van der Waals surface area contributed by atoms with Gasteiger partial charge in [-0.05, 0) is 31.4 Å². The summed E-state index contributed by atoms with van der Waals surface area (Å²) in [5.74, 6) is -0.376. The van der Waals surface area contributed by atoms with Gasteiger partial charge in [-0.15, -0.1) is 11.3 Å². The molecule has 5 nitrogen and oxygen atoms in total. The molecular weight excluding hydrogens is 373 g/mol. The highest BCUT2D eigenvalue weighted by Gasteiger charge is 2.16. The monoisotopic (exact) mass is 391 g/mol. The normalized spacial score (nSPS) is 11.2. The fraction of sp³-hybridized carbons (Fsp3) is 0.278. The topological polar surface area (TPSA) is 64.0 Å². The minimum Gasteiger partial charge on any atom is -0.353 e. The van der Waals surface area contributed by atoms with Crippen molar-refractivity contribution in [1.82, 2.24) is 14.9 Å². The van der Waals surface area contributed by atoms with E-state index in [-0.39, 0.29) is 35.6 Å². The Labute approximate surface area is 158 Å². The molecule has 0 fully saturated rings. The van der Waals surface area contributed by atoms with Gasteiger partial charge in [0.05, 0.1) is 17.8 Å². The zero-order valence-electron chi connectivity index (χ0n) is 14.4. The summed E-state index contributed by atoms with van der Waals surface area (Å²) in [7, 11) is 0. The lowest BCUT2D eigenvalue weighted by atomic mass is 10.2. The Balaban J connectivity index is 1.96. The summed E-state index contributed by atoms with van der Waals surface area (Å²) >= 11 is 2.48. The number of thiophene rings is 1. The fourth-order valence-corrected chi connectivity index (χ4v) is 4.05. The van der Waals surface area contributed by atoms with E-state index in [0.29, 0.717) is 20.9 Å². The van der Waals surface area contributed by atoms with Crippen LogP contribution in [0.4, 0.5) is 4.39 Å². The molecule has 0 aliphatic heterocycles. The maximum atomic E-state index is 14.0. The van der Waals surface area contributed by atoms with Gasteiger partial charge in [0, 0.05) is 11.6 Å². The van der Waals surface area contributed by atoms with E-state index in [2.05, 4.69) is 10.3 Å². The van der Waals surface area contributed by atoms with E-state index >= 15 is 0 Å². The minimum atomic E-state index is -0.376. The van der Waals surface area contributed by atoms with Crippen molar-refractivity contribution in [2.24, 2.45) is 0 Å². The number of aromatic nitrogens is 2. The number of hydrogen-bond donors (Lipinski definition) is 1. The molecule has 0 aliphatic rings. The molecule has 0 atom stereocenters. The van der Waals surface area contributed by atoms with E-state index in [1.54, 1.807) is 29.6 Å². The Kier molecular flexibility index (Phi) is 5.73. The molecule has 0 saturated carbocycles. The number of fused-ring (bicyclic) bond motifs is 1. The molecule has 1 N–H and O–H groups in total. The highest BCUT2D eigenvalue weighted by atomic mass is 32.2. The molecule has 0 aliphatic carbocycles. The molecule has 3 rings (SSSR count). The van der Waals surface area contributed by atoms with Crippen LogP contribution in [0.2, 0.25) is 0 Å². The number of halogens is 1. The quantitative estimate of drug-likeness (QED) is 0.517. The standard InChI is InChI=1S/C18H18FN3O2S2/c1-11(2)20-15(23)10-26-18-21-14-7-8-25-16(14)17(24)22(18)9-12-5-3-4-6-13(12)19/h3-8,11H,9-10H2,1-2H3,(H,20,23). The van der Waals surface area contributed by atoms with Crippen LogP contribution in [0, 0.1) is 5.82 Å². The molecule has 2 aromatic heterocycles. The highest BCUT2D eigenvalue weighted by molar-refractivity contribution is 7.99. The third kappa shape index (κ3) is 4.13. The average molecular weight is 391 g/mol. The third-order valence-corrected chi connectivity index (χ3v) is 5.47. The predicted octanol–water partition coefficient (Wildman–Crippen LogP) is 3.26. The van der Waals surface area contributed by atoms with Crippen molar-refractivity contribution in [2.75, 3.05) is 5.75 Å². The van der Waals surface area contributed by atoms with Gasteiger partial charge in [-0.3, -0.25) is 14.2 Å². The van der Waals surface area contributed by atoms with Crippen LogP contribution in [0.3, 0.4) is 0 Å². The number of amides is 1. The maximum absolute atomic E-state index is 14.0. The molecule has 3 aromatic rings. The van der Waals surface area contributed by atoms with Gasteiger partial charge in [0.15, 0.2) is 5.16 Å². The number of nitrogens with one attached hydrogen (secondary N) is 1. The molecule has 0 unspecified atom stereocenters. The van der Waals surface area contributed by atoms with Gasteiger partial charge >= 0.3 is 0 Å². The summed E-state index contributed by atoms with van der Waals surface area (Å²) < 4.78 is 16.0. The first-order chi connectivity index (χ1) is 12.5. The van der Waals surface area contributed by atoms with Crippen molar-refractivity contribution in [3.05, 3.63) is 57.4 Å². The summed E-state index contributed by atoms with van der Waals surface area (Å²) in [5, 5.41) is 5.01. The third-order valence-electron chi connectivity index (χ3n) is 3.60. The number of thioether (sulfide) groups is 1. The lowest BCUT2D eigenvalue weighted by molar-refractivity contribution is -0.119. The van der Waals surface area contributed by atoms with Crippen molar-refractivity contribution in [3.8, 4) is 0 Å². The van der Waals surface area contributed by atoms with E-state index in [1.165, 1.54) is 33.7 Å². The highest BCUT2D eigenvalue weighted by Crippen LogP contribution is 2.22. The Bertz CT molecular complexity index is 998. The van der Waals surface area contributed by atoms with Crippen LogP contribution in [0.15, 0.2) is 45.7 Å². The molecule has 1 amide bonds. The molecule has 1 aromatic carbocycles. The van der Waals surface area contributed by atoms with Gasteiger partial charge in [-0.2, -0.15) is 0 Å². The Hall–Kier alpha value is -2.19. The lowest BCUT2D eigenvalue weighted by Gasteiger charge is -2.13. The van der Waals surface area contributed by atoms with Crippen molar-refractivity contribution in [3.63, 3.8) is 0 Å². The van der Waals surface area contributed by atoms with E-state index < -0.39 is 0 Å². The van der Waals surface area contributed by atoms with Gasteiger partial charge in [0.25, 0.3) is 5.56 Å². The second kappa shape index (κ2) is 8.01. The van der Waals surface area contributed by atoms with Crippen LogP contribution in [-0.2, 0) is 11.3 Å². The lowest BCUT2D eigenvalue weighted by Crippen LogP contribution is -2.32. The first-order valence-electron chi connectivity index (χ1n) is 8.09. The van der Waals surface area contributed by atoms with Crippen LogP contribution >= 0.6 is 23.1 Å². The Morgan fingerprint density at radius 2 is 2.12 bits per heavy atom. The zero-order valence-corrected chi connectivity index (χ0v) is 16.0. The number of benzene rings is 1. The summed E-state index contributed by atoms with van der Waals surface area (Å²) in [6.45, 7) is 3.83. The van der Waals surface area contributed by atoms with E-state index in [4.69, 9.17) is 0 Å². The smallest absolute Gasteiger partial charge is 0.272 e. The molecule has 0 radical (unpaired) electrons. The number of nitrogens with zero attached hydrogens (tertiary/aromatic N) is 2. The molecular formula is C18H18FN3O2S2. The van der Waals surface area contributed by atoms with Gasteiger partial charge in [-0.1, -0.05) is 30.0 Å². The number of carbonyl (C=O) groups is 1. The molecule has 0 bridgehead atoms. The SMILES string of the molecule is CC(C)NC(=O)CSc1nc2ccsc2c(=O)n1Cc1ccccc1F. The molecule has 2 heterocycles. The number of hydrogen-bond acceptors (Lipinski definition) is 5. The fourth-order valence-electron chi connectivity index (χ4n) is 2.46. The molecule has 136 valence electrons. The second-order valence-corrected chi connectivity index (χ2v) is 7.88. The zero-order chi connectivity index (χ0) is 18.7. The first kappa shape index (κ1) is 18.6. The van der Waals surface area contributed by atoms with Crippen LogP contribution in [0.1, 0.15) is 19.4 Å². The second-order valence-electron chi connectivity index (χ2n) is 6.02.